The van der Waals surface area contributed by atoms with Crippen molar-refractivity contribution in [3.63, 3.8) is 0 Å². The standard InChI is InChI=1S/C3H7N2O/c1-2-4-5-3-6/h4H,2H2,1H3,(H,5,6). The summed E-state index contributed by atoms with van der Waals surface area (Å²) >= 11 is 0. The summed E-state index contributed by atoms with van der Waals surface area (Å²) in [6.45, 7) is 2.61. The van der Waals surface area contributed by atoms with Crippen LogP contribution in [0.2, 0.25) is 0 Å². The zero-order valence-electron chi connectivity index (χ0n) is 3.62. The van der Waals surface area contributed by atoms with Crippen LogP contribution in [-0.2, 0) is 4.79 Å². The van der Waals surface area contributed by atoms with Gasteiger partial charge < -0.3 is 0 Å². The molecule has 35 valence electrons. The van der Waals surface area contributed by atoms with Gasteiger partial charge in [-0.15, -0.1) is 0 Å². The van der Waals surface area contributed by atoms with Crippen LogP contribution in [0.25, 0.3) is 0 Å². The molecule has 0 aliphatic rings. The molecule has 3 heteroatoms. The molecule has 1 amide bonds. The van der Waals surface area contributed by atoms with Crippen LogP contribution in [-0.4, -0.2) is 13.0 Å². The Morgan fingerprint density at radius 1 is 1.83 bits per heavy atom. The number of hydrazine groups is 1. The fourth-order valence-electron chi connectivity index (χ4n) is 0.124. The fourth-order valence-corrected chi connectivity index (χ4v) is 0.124. The third kappa shape index (κ3) is 3.43. The monoisotopic (exact) mass is 87.1 g/mol. The summed E-state index contributed by atoms with van der Waals surface area (Å²) in [7, 11) is 0. The van der Waals surface area contributed by atoms with Gasteiger partial charge in [-0.3, -0.25) is 10.2 Å². The maximum Gasteiger partial charge on any atom is 0.324 e. The molecule has 0 aromatic rings. The van der Waals surface area contributed by atoms with E-state index in [4.69, 9.17) is 0 Å². The Bertz CT molecular complexity index is 37.8. The SMILES string of the molecule is CCNN[C]=O. The highest BCUT2D eigenvalue weighted by Crippen LogP contribution is 1.37. The molecule has 0 fully saturated rings. The first-order chi connectivity index (χ1) is 2.91. The van der Waals surface area contributed by atoms with Crippen molar-refractivity contribution in [2.45, 2.75) is 6.92 Å². The molecular weight excluding hydrogens is 80.0 g/mol. The molecule has 0 saturated carbocycles. The third-order valence-corrected chi connectivity index (χ3v) is 0.316. The zero-order chi connectivity index (χ0) is 4.83. The third-order valence-electron chi connectivity index (χ3n) is 0.316. The average Bonchev–Trinajstić information content (AvgIpc) is 1.61. The zero-order valence-corrected chi connectivity index (χ0v) is 3.62. The lowest BCUT2D eigenvalue weighted by molar-refractivity contribution is 0.525. The quantitative estimate of drug-likeness (QED) is 0.268. The molecule has 0 unspecified atom stereocenters. The highest BCUT2D eigenvalue weighted by Gasteiger charge is 1.67. The van der Waals surface area contributed by atoms with Crippen molar-refractivity contribution in [3.8, 4) is 0 Å². The molecule has 3 nitrogen and oxygen atoms in total. The van der Waals surface area contributed by atoms with Crippen LogP contribution in [0.3, 0.4) is 0 Å². The van der Waals surface area contributed by atoms with E-state index in [-0.39, 0.29) is 0 Å². The van der Waals surface area contributed by atoms with E-state index in [1.165, 1.54) is 6.41 Å². The Hall–Kier alpha value is -0.570. The van der Waals surface area contributed by atoms with Crippen LogP contribution >= 0.6 is 0 Å². The Kier molecular flexibility index (Phi) is 4.01. The lowest BCUT2D eigenvalue weighted by Gasteiger charge is -1.89. The maximum absolute atomic E-state index is 9.27. The predicted octanol–water partition coefficient (Wildman–Crippen LogP) is -0.832. The van der Waals surface area contributed by atoms with Gasteiger partial charge in [0.25, 0.3) is 0 Å². The minimum atomic E-state index is 0.731. The Balaban J connectivity index is 2.49. The summed E-state index contributed by atoms with van der Waals surface area (Å²) in [6, 6.07) is 0. The second kappa shape index (κ2) is 4.43. The number of amides is 1. The van der Waals surface area contributed by atoms with Crippen LogP contribution in [0.5, 0.6) is 0 Å². The van der Waals surface area contributed by atoms with Crippen LogP contribution < -0.4 is 10.9 Å². The molecule has 0 aliphatic carbocycles. The van der Waals surface area contributed by atoms with E-state index >= 15 is 0 Å². The maximum atomic E-state index is 9.27. The number of carbonyl (C=O) groups excluding carboxylic acids is 1. The van der Waals surface area contributed by atoms with Gasteiger partial charge in [0.15, 0.2) is 0 Å². The van der Waals surface area contributed by atoms with Gasteiger partial charge in [-0.2, -0.15) is 0 Å². The first-order valence-corrected chi connectivity index (χ1v) is 1.76. The molecule has 0 aromatic heterocycles. The molecule has 0 saturated heterocycles. The first-order valence-electron chi connectivity index (χ1n) is 1.76. The summed E-state index contributed by atoms with van der Waals surface area (Å²) in [4.78, 5) is 9.27. The largest absolute Gasteiger partial charge is 0.324 e. The Morgan fingerprint density at radius 3 is 2.67 bits per heavy atom. The lowest BCUT2D eigenvalue weighted by atomic mass is 10.8. The number of rotatable bonds is 3. The van der Waals surface area contributed by atoms with E-state index in [1.807, 2.05) is 6.92 Å². The number of nitrogens with one attached hydrogen (secondary N) is 2. The summed E-state index contributed by atoms with van der Waals surface area (Å²) in [5.74, 6) is 0. The molecule has 0 aliphatic heterocycles. The lowest BCUT2D eigenvalue weighted by Crippen LogP contribution is -2.29. The average molecular weight is 87.1 g/mol. The second-order valence-electron chi connectivity index (χ2n) is 0.757. The number of hydrogen-bond donors (Lipinski definition) is 2. The smallest absolute Gasteiger partial charge is 0.283 e. The molecule has 0 heterocycles. The summed E-state index contributed by atoms with van der Waals surface area (Å²) in [5.41, 5.74) is 4.67. The van der Waals surface area contributed by atoms with Gasteiger partial charge in [-0.1, -0.05) is 6.92 Å². The van der Waals surface area contributed by atoms with Crippen LogP contribution in [0, 0.1) is 0 Å². The van der Waals surface area contributed by atoms with Gasteiger partial charge in [-0.05, 0) is 0 Å². The fraction of sp³-hybridized carbons (Fsp3) is 0.667. The van der Waals surface area contributed by atoms with Crippen molar-refractivity contribution in [2.75, 3.05) is 6.54 Å². The highest BCUT2D eigenvalue weighted by molar-refractivity contribution is 5.45. The van der Waals surface area contributed by atoms with Crippen molar-refractivity contribution >= 4 is 6.41 Å². The van der Waals surface area contributed by atoms with E-state index in [2.05, 4.69) is 10.9 Å². The molecule has 0 spiro atoms. The molecule has 2 N–H and O–H groups in total. The summed E-state index contributed by atoms with van der Waals surface area (Å²) in [5, 5.41) is 0. The van der Waals surface area contributed by atoms with Gasteiger partial charge in [0.1, 0.15) is 0 Å². The molecule has 0 aromatic carbocycles. The normalized spacial score (nSPS) is 7.50. The van der Waals surface area contributed by atoms with Crippen molar-refractivity contribution in [3.05, 3.63) is 0 Å². The molecule has 0 atom stereocenters. The van der Waals surface area contributed by atoms with E-state index in [9.17, 15) is 4.79 Å². The highest BCUT2D eigenvalue weighted by atomic mass is 16.1. The van der Waals surface area contributed by atoms with Gasteiger partial charge >= 0.3 is 6.41 Å². The van der Waals surface area contributed by atoms with E-state index in [1.54, 1.807) is 0 Å². The van der Waals surface area contributed by atoms with Crippen molar-refractivity contribution in [2.24, 2.45) is 0 Å². The topological polar surface area (TPSA) is 41.1 Å². The Morgan fingerprint density at radius 2 is 2.50 bits per heavy atom. The van der Waals surface area contributed by atoms with E-state index in [0.29, 0.717) is 0 Å². The van der Waals surface area contributed by atoms with Gasteiger partial charge in [-0.25, -0.2) is 5.43 Å². The summed E-state index contributed by atoms with van der Waals surface area (Å²) < 4.78 is 0. The van der Waals surface area contributed by atoms with Crippen molar-refractivity contribution in [1.29, 1.82) is 0 Å². The molecular formula is C3H7N2O. The van der Waals surface area contributed by atoms with Crippen molar-refractivity contribution in [1.82, 2.24) is 10.9 Å². The van der Waals surface area contributed by atoms with E-state index in [0.717, 1.165) is 6.54 Å². The molecule has 0 rings (SSSR count). The first kappa shape index (κ1) is 5.43. The Labute approximate surface area is 36.7 Å². The second-order valence-corrected chi connectivity index (χ2v) is 0.757. The van der Waals surface area contributed by atoms with Crippen LogP contribution in [0.15, 0.2) is 0 Å². The minimum absolute atomic E-state index is 0.731. The van der Waals surface area contributed by atoms with Crippen LogP contribution in [0.1, 0.15) is 6.92 Å². The van der Waals surface area contributed by atoms with Crippen molar-refractivity contribution < 1.29 is 4.79 Å². The van der Waals surface area contributed by atoms with E-state index < -0.39 is 0 Å². The van der Waals surface area contributed by atoms with Crippen LogP contribution in [0.4, 0.5) is 0 Å². The van der Waals surface area contributed by atoms with Gasteiger partial charge in [0.05, 0.1) is 0 Å². The van der Waals surface area contributed by atoms with Gasteiger partial charge in [0, 0.05) is 6.54 Å². The number of hydrogen-bond acceptors (Lipinski definition) is 2. The summed E-state index contributed by atoms with van der Waals surface area (Å²) in [6.07, 6.45) is 1.46. The predicted molar refractivity (Wildman–Crippen MR) is 22.5 cm³/mol. The molecule has 1 radical (unpaired) electrons. The van der Waals surface area contributed by atoms with Gasteiger partial charge in [0.2, 0.25) is 0 Å². The molecule has 6 heavy (non-hydrogen) atoms. The molecule has 0 bridgehead atoms. The minimum Gasteiger partial charge on any atom is -0.283 e.